The number of hydrogen-bond acceptors (Lipinski definition) is 5. The van der Waals surface area contributed by atoms with Gasteiger partial charge in [0, 0.05) is 18.4 Å². The standard InChI is InChI=1S/C18H18N4O2/c1-13-11-16(17(23)22(2)14-7-4-3-5-8-14)21-18(20-13)19-12-15-9-6-10-24-15/h3-11H,12H2,1-2H3,(H,19,20,21). The van der Waals surface area contributed by atoms with Gasteiger partial charge in [0.25, 0.3) is 5.91 Å². The summed E-state index contributed by atoms with van der Waals surface area (Å²) in [7, 11) is 1.73. The number of carbonyl (C=O) groups is 1. The van der Waals surface area contributed by atoms with Crippen molar-refractivity contribution in [3.05, 3.63) is 71.9 Å². The highest BCUT2D eigenvalue weighted by Gasteiger charge is 2.16. The van der Waals surface area contributed by atoms with E-state index in [-0.39, 0.29) is 5.91 Å². The van der Waals surface area contributed by atoms with E-state index < -0.39 is 0 Å². The SMILES string of the molecule is Cc1cc(C(=O)N(C)c2ccccc2)nc(NCc2ccco2)n1. The lowest BCUT2D eigenvalue weighted by atomic mass is 10.2. The number of amides is 1. The number of furan rings is 1. The predicted molar refractivity (Wildman–Crippen MR) is 92.0 cm³/mol. The monoisotopic (exact) mass is 322 g/mol. The van der Waals surface area contributed by atoms with Gasteiger partial charge in [-0.25, -0.2) is 9.97 Å². The number of rotatable bonds is 5. The number of carbonyl (C=O) groups excluding carboxylic acids is 1. The molecule has 24 heavy (non-hydrogen) atoms. The molecule has 1 N–H and O–H groups in total. The van der Waals surface area contributed by atoms with Crippen molar-refractivity contribution >= 4 is 17.5 Å². The molecule has 2 aromatic heterocycles. The fourth-order valence-electron chi connectivity index (χ4n) is 2.28. The second kappa shape index (κ2) is 6.95. The Hall–Kier alpha value is -3.15. The van der Waals surface area contributed by atoms with Gasteiger partial charge < -0.3 is 14.6 Å². The largest absolute Gasteiger partial charge is 0.467 e. The summed E-state index contributed by atoms with van der Waals surface area (Å²) in [5, 5.41) is 3.08. The number of anilines is 2. The Morgan fingerprint density at radius 1 is 1.17 bits per heavy atom. The first-order valence-electron chi connectivity index (χ1n) is 7.58. The number of hydrogen-bond donors (Lipinski definition) is 1. The Morgan fingerprint density at radius 2 is 1.96 bits per heavy atom. The van der Waals surface area contributed by atoms with Crippen molar-refractivity contribution in [2.75, 3.05) is 17.3 Å². The van der Waals surface area contributed by atoms with E-state index in [1.165, 1.54) is 0 Å². The van der Waals surface area contributed by atoms with E-state index in [1.807, 2.05) is 49.4 Å². The van der Waals surface area contributed by atoms with Crippen LogP contribution in [0.1, 0.15) is 21.9 Å². The van der Waals surface area contributed by atoms with Gasteiger partial charge in [-0.15, -0.1) is 0 Å². The van der Waals surface area contributed by atoms with Crippen molar-refractivity contribution in [2.24, 2.45) is 0 Å². The summed E-state index contributed by atoms with van der Waals surface area (Å²) in [6.07, 6.45) is 1.61. The molecule has 0 fully saturated rings. The molecule has 0 atom stereocenters. The highest BCUT2D eigenvalue weighted by Crippen LogP contribution is 2.15. The molecule has 0 radical (unpaired) electrons. The Kier molecular flexibility index (Phi) is 4.56. The Balaban J connectivity index is 1.78. The van der Waals surface area contributed by atoms with Crippen LogP contribution in [0.25, 0.3) is 0 Å². The summed E-state index contributed by atoms with van der Waals surface area (Å²) in [5.74, 6) is 0.985. The minimum atomic E-state index is -0.187. The van der Waals surface area contributed by atoms with E-state index >= 15 is 0 Å². The minimum absolute atomic E-state index is 0.187. The summed E-state index contributed by atoms with van der Waals surface area (Å²) in [6, 6.07) is 14.8. The molecule has 0 bridgehead atoms. The third-order valence-electron chi connectivity index (χ3n) is 3.52. The van der Waals surface area contributed by atoms with Crippen LogP contribution in [0.15, 0.2) is 59.2 Å². The normalized spacial score (nSPS) is 10.4. The van der Waals surface area contributed by atoms with Gasteiger partial charge in [0.1, 0.15) is 11.5 Å². The molecule has 6 nitrogen and oxygen atoms in total. The Bertz CT molecular complexity index is 816. The second-order valence-corrected chi connectivity index (χ2v) is 5.35. The molecule has 0 aliphatic rings. The van der Waals surface area contributed by atoms with E-state index in [9.17, 15) is 4.79 Å². The van der Waals surface area contributed by atoms with Crippen LogP contribution >= 0.6 is 0 Å². The molecule has 122 valence electrons. The van der Waals surface area contributed by atoms with Crippen molar-refractivity contribution in [1.82, 2.24) is 9.97 Å². The van der Waals surface area contributed by atoms with Gasteiger partial charge in [-0.05, 0) is 37.3 Å². The average molecular weight is 322 g/mol. The average Bonchev–Trinajstić information content (AvgIpc) is 3.12. The first-order chi connectivity index (χ1) is 11.6. The number of aromatic nitrogens is 2. The lowest BCUT2D eigenvalue weighted by Crippen LogP contribution is -2.27. The zero-order valence-electron chi connectivity index (χ0n) is 13.6. The van der Waals surface area contributed by atoms with Crippen molar-refractivity contribution < 1.29 is 9.21 Å². The molecule has 3 rings (SSSR count). The molecule has 0 spiro atoms. The van der Waals surface area contributed by atoms with Gasteiger partial charge in [-0.1, -0.05) is 18.2 Å². The molecular formula is C18H18N4O2. The summed E-state index contributed by atoms with van der Waals surface area (Å²) in [5.41, 5.74) is 1.87. The molecule has 0 aliphatic carbocycles. The van der Waals surface area contributed by atoms with Crippen LogP contribution in [0.5, 0.6) is 0 Å². The zero-order chi connectivity index (χ0) is 16.9. The molecule has 0 unspecified atom stereocenters. The smallest absolute Gasteiger partial charge is 0.276 e. The van der Waals surface area contributed by atoms with Gasteiger partial charge in [-0.2, -0.15) is 0 Å². The fraction of sp³-hybridized carbons (Fsp3) is 0.167. The number of para-hydroxylation sites is 1. The Morgan fingerprint density at radius 3 is 2.67 bits per heavy atom. The molecule has 1 aromatic carbocycles. The molecule has 0 saturated heterocycles. The number of benzene rings is 1. The maximum Gasteiger partial charge on any atom is 0.276 e. The highest BCUT2D eigenvalue weighted by atomic mass is 16.3. The summed E-state index contributed by atoms with van der Waals surface area (Å²) < 4.78 is 5.27. The van der Waals surface area contributed by atoms with Gasteiger partial charge in [0.15, 0.2) is 0 Å². The van der Waals surface area contributed by atoms with E-state index in [0.29, 0.717) is 18.2 Å². The first-order valence-corrected chi connectivity index (χ1v) is 7.58. The third-order valence-corrected chi connectivity index (χ3v) is 3.52. The molecule has 6 heteroatoms. The van der Waals surface area contributed by atoms with E-state index in [0.717, 1.165) is 17.1 Å². The molecule has 2 heterocycles. The summed E-state index contributed by atoms with van der Waals surface area (Å²) >= 11 is 0. The van der Waals surface area contributed by atoms with Crippen LogP contribution in [-0.2, 0) is 6.54 Å². The van der Waals surface area contributed by atoms with Gasteiger partial charge in [0.05, 0.1) is 12.8 Å². The topological polar surface area (TPSA) is 71.3 Å². The Labute approximate surface area is 140 Å². The molecule has 1 amide bonds. The van der Waals surface area contributed by atoms with Crippen LogP contribution in [0.4, 0.5) is 11.6 Å². The van der Waals surface area contributed by atoms with Crippen LogP contribution in [0.2, 0.25) is 0 Å². The zero-order valence-corrected chi connectivity index (χ0v) is 13.6. The van der Waals surface area contributed by atoms with Crippen molar-refractivity contribution in [1.29, 1.82) is 0 Å². The number of nitrogens with one attached hydrogen (secondary N) is 1. The van der Waals surface area contributed by atoms with Crippen molar-refractivity contribution in [3.63, 3.8) is 0 Å². The molecular weight excluding hydrogens is 304 g/mol. The fourth-order valence-corrected chi connectivity index (χ4v) is 2.28. The number of aryl methyl sites for hydroxylation is 1. The van der Waals surface area contributed by atoms with E-state index in [2.05, 4.69) is 15.3 Å². The third kappa shape index (κ3) is 3.60. The van der Waals surface area contributed by atoms with Crippen LogP contribution in [0.3, 0.4) is 0 Å². The van der Waals surface area contributed by atoms with Gasteiger partial charge in [-0.3, -0.25) is 4.79 Å². The first kappa shape index (κ1) is 15.7. The maximum absolute atomic E-state index is 12.7. The lowest BCUT2D eigenvalue weighted by Gasteiger charge is -2.17. The van der Waals surface area contributed by atoms with Crippen LogP contribution in [0, 0.1) is 6.92 Å². The quantitative estimate of drug-likeness (QED) is 0.780. The van der Waals surface area contributed by atoms with Crippen molar-refractivity contribution in [3.8, 4) is 0 Å². The molecule has 3 aromatic rings. The molecule has 0 aliphatic heterocycles. The number of nitrogens with zero attached hydrogens (tertiary/aromatic N) is 3. The highest BCUT2D eigenvalue weighted by molar-refractivity contribution is 6.04. The van der Waals surface area contributed by atoms with E-state index in [4.69, 9.17) is 4.42 Å². The van der Waals surface area contributed by atoms with Gasteiger partial charge >= 0.3 is 0 Å². The van der Waals surface area contributed by atoms with E-state index in [1.54, 1.807) is 24.3 Å². The predicted octanol–water partition coefficient (Wildman–Crippen LogP) is 3.27. The second-order valence-electron chi connectivity index (χ2n) is 5.35. The summed E-state index contributed by atoms with van der Waals surface area (Å²) in [4.78, 5) is 22.9. The minimum Gasteiger partial charge on any atom is -0.467 e. The lowest BCUT2D eigenvalue weighted by molar-refractivity contribution is 0.0988. The van der Waals surface area contributed by atoms with Crippen molar-refractivity contribution in [2.45, 2.75) is 13.5 Å². The summed E-state index contributed by atoms with van der Waals surface area (Å²) in [6.45, 7) is 2.29. The molecule has 0 saturated carbocycles. The van der Waals surface area contributed by atoms with Crippen LogP contribution in [-0.4, -0.2) is 22.9 Å². The van der Waals surface area contributed by atoms with Crippen LogP contribution < -0.4 is 10.2 Å². The maximum atomic E-state index is 12.7. The van der Waals surface area contributed by atoms with Gasteiger partial charge in [0.2, 0.25) is 5.95 Å².